The van der Waals surface area contributed by atoms with Crippen LogP contribution in [0.4, 0.5) is 10.5 Å². The van der Waals surface area contributed by atoms with Crippen LogP contribution in [0.2, 0.25) is 5.02 Å². The quantitative estimate of drug-likeness (QED) is 0.822. The van der Waals surface area contributed by atoms with Crippen molar-refractivity contribution in [3.05, 3.63) is 29.3 Å². The Kier molecular flexibility index (Phi) is 2.68. The number of hydrogen-bond acceptors (Lipinski definition) is 2. The van der Waals surface area contributed by atoms with Gasteiger partial charge in [0.05, 0.1) is 16.8 Å². The summed E-state index contributed by atoms with van der Waals surface area (Å²) in [7, 11) is 0. The Hall–Kier alpha value is -1.26. The Labute approximate surface area is 105 Å². The number of carbonyl (C=O) groups is 1. The van der Waals surface area contributed by atoms with E-state index in [9.17, 15) is 4.79 Å². The van der Waals surface area contributed by atoms with Crippen molar-refractivity contribution in [2.75, 3.05) is 31.1 Å². The lowest BCUT2D eigenvalue weighted by atomic mass is 10.2. The van der Waals surface area contributed by atoms with E-state index in [-0.39, 0.29) is 12.1 Å². The van der Waals surface area contributed by atoms with E-state index in [0.717, 1.165) is 31.9 Å². The van der Waals surface area contributed by atoms with Gasteiger partial charge in [-0.05, 0) is 12.1 Å². The van der Waals surface area contributed by atoms with Gasteiger partial charge in [0.1, 0.15) is 0 Å². The number of anilines is 1. The molecule has 2 aliphatic rings. The fraction of sp³-hybridized carbons (Fsp3) is 0.417. The van der Waals surface area contributed by atoms with Gasteiger partial charge < -0.3 is 10.2 Å². The number of piperazine rings is 1. The summed E-state index contributed by atoms with van der Waals surface area (Å²) in [6.45, 7) is 3.24. The van der Waals surface area contributed by atoms with Crippen LogP contribution in [-0.2, 0) is 0 Å². The van der Waals surface area contributed by atoms with Crippen molar-refractivity contribution in [2.45, 2.75) is 6.04 Å². The Morgan fingerprint density at radius 2 is 2.18 bits per heavy atom. The van der Waals surface area contributed by atoms with E-state index in [0.29, 0.717) is 5.02 Å². The second-order valence-electron chi connectivity index (χ2n) is 4.40. The van der Waals surface area contributed by atoms with Gasteiger partial charge in [0.2, 0.25) is 0 Å². The molecule has 2 saturated heterocycles. The molecule has 1 N–H and O–H groups in total. The maximum atomic E-state index is 12.3. The number of nitrogens with zero attached hydrogens (tertiary/aromatic N) is 2. The highest BCUT2D eigenvalue weighted by Gasteiger charge is 2.39. The molecule has 1 aromatic carbocycles. The van der Waals surface area contributed by atoms with E-state index in [1.807, 2.05) is 29.2 Å². The van der Waals surface area contributed by atoms with E-state index in [2.05, 4.69) is 5.32 Å². The normalized spacial score (nSPS) is 24.1. The molecule has 1 unspecified atom stereocenters. The smallest absolute Gasteiger partial charge is 0.317 e. The molecule has 0 saturated carbocycles. The van der Waals surface area contributed by atoms with Crippen molar-refractivity contribution >= 4 is 23.3 Å². The lowest BCUT2D eigenvalue weighted by Crippen LogP contribution is -2.49. The van der Waals surface area contributed by atoms with Crippen LogP contribution in [0.25, 0.3) is 0 Å². The Morgan fingerprint density at radius 3 is 2.94 bits per heavy atom. The molecule has 0 spiro atoms. The molecule has 1 aromatic rings. The number of fused-ring (bicyclic) bond motifs is 1. The first-order valence-electron chi connectivity index (χ1n) is 5.81. The van der Waals surface area contributed by atoms with Gasteiger partial charge >= 0.3 is 6.03 Å². The minimum Gasteiger partial charge on any atom is -0.317 e. The van der Waals surface area contributed by atoms with E-state index in [1.165, 1.54) is 0 Å². The van der Waals surface area contributed by atoms with Crippen LogP contribution in [0.1, 0.15) is 0 Å². The minimum atomic E-state index is 0.0737. The molecule has 0 aromatic heterocycles. The molecule has 0 radical (unpaired) electrons. The third-order valence-corrected chi connectivity index (χ3v) is 3.68. The summed E-state index contributed by atoms with van der Waals surface area (Å²) in [5, 5.41) is 3.94. The summed E-state index contributed by atoms with van der Waals surface area (Å²) in [6.07, 6.45) is 0. The van der Waals surface area contributed by atoms with Gasteiger partial charge in [0.25, 0.3) is 0 Å². The Bertz CT molecular complexity index is 451. The van der Waals surface area contributed by atoms with Gasteiger partial charge in [-0.15, -0.1) is 0 Å². The van der Waals surface area contributed by atoms with E-state index in [4.69, 9.17) is 11.6 Å². The zero-order valence-corrected chi connectivity index (χ0v) is 10.2. The van der Waals surface area contributed by atoms with E-state index in [1.54, 1.807) is 4.90 Å². The van der Waals surface area contributed by atoms with Crippen LogP contribution < -0.4 is 10.2 Å². The number of urea groups is 1. The molecule has 0 aliphatic carbocycles. The number of rotatable bonds is 1. The zero-order chi connectivity index (χ0) is 11.8. The van der Waals surface area contributed by atoms with Crippen molar-refractivity contribution in [1.29, 1.82) is 0 Å². The van der Waals surface area contributed by atoms with Gasteiger partial charge in [0, 0.05) is 26.2 Å². The van der Waals surface area contributed by atoms with Crippen LogP contribution in [-0.4, -0.2) is 43.2 Å². The lowest BCUT2D eigenvalue weighted by Gasteiger charge is -2.28. The predicted molar refractivity (Wildman–Crippen MR) is 67.6 cm³/mol. The average molecular weight is 252 g/mol. The van der Waals surface area contributed by atoms with Crippen molar-refractivity contribution in [3.8, 4) is 0 Å². The second-order valence-corrected chi connectivity index (χ2v) is 4.80. The minimum absolute atomic E-state index is 0.0737. The van der Waals surface area contributed by atoms with E-state index < -0.39 is 0 Å². The maximum Gasteiger partial charge on any atom is 0.325 e. The van der Waals surface area contributed by atoms with Gasteiger partial charge in [0.15, 0.2) is 0 Å². The molecule has 2 amide bonds. The summed E-state index contributed by atoms with van der Waals surface area (Å²) in [5.41, 5.74) is 0.813. The predicted octanol–water partition coefficient (Wildman–Crippen LogP) is 1.55. The first kappa shape index (κ1) is 10.9. The first-order valence-corrected chi connectivity index (χ1v) is 6.18. The standard InChI is InChI=1S/C12H14ClN3O/c13-10-3-1-2-4-11(10)16-8-9-7-14-5-6-15(9)12(16)17/h1-4,9,14H,5-8H2. The Balaban J connectivity index is 1.90. The molecule has 17 heavy (non-hydrogen) atoms. The summed E-state index contributed by atoms with van der Waals surface area (Å²) >= 11 is 6.14. The fourth-order valence-corrected chi connectivity index (χ4v) is 2.73. The molecular weight excluding hydrogens is 238 g/mol. The molecule has 90 valence electrons. The maximum absolute atomic E-state index is 12.3. The highest BCUT2D eigenvalue weighted by atomic mass is 35.5. The van der Waals surface area contributed by atoms with Crippen molar-refractivity contribution in [2.24, 2.45) is 0 Å². The number of nitrogens with one attached hydrogen (secondary N) is 1. The van der Waals surface area contributed by atoms with Crippen molar-refractivity contribution in [1.82, 2.24) is 10.2 Å². The fourth-order valence-electron chi connectivity index (χ4n) is 2.49. The van der Waals surface area contributed by atoms with Crippen molar-refractivity contribution < 1.29 is 4.79 Å². The SMILES string of the molecule is O=C1N(c2ccccc2Cl)CC2CNCCN12. The topological polar surface area (TPSA) is 35.6 Å². The number of halogens is 1. The largest absolute Gasteiger partial charge is 0.325 e. The number of benzene rings is 1. The van der Waals surface area contributed by atoms with Gasteiger partial charge in [-0.3, -0.25) is 4.90 Å². The summed E-state index contributed by atoms with van der Waals surface area (Å²) in [4.78, 5) is 16.0. The highest BCUT2D eigenvalue weighted by Crippen LogP contribution is 2.30. The third kappa shape index (κ3) is 1.77. The molecule has 4 nitrogen and oxygen atoms in total. The summed E-state index contributed by atoms with van der Waals surface area (Å²) in [5.74, 6) is 0. The average Bonchev–Trinajstić information content (AvgIpc) is 2.68. The van der Waals surface area contributed by atoms with Crippen LogP contribution in [0.15, 0.2) is 24.3 Å². The second kappa shape index (κ2) is 4.20. The number of carbonyl (C=O) groups excluding carboxylic acids is 1. The van der Waals surface area contributed by atoms with Crippen LogP contribution in [0.3, 0.4) is 0 Å². The van der Waals surface area contributed by atoms with Crippen LogP contribution in [0.5, 0.6) is 0 Å². The third-order valence-electron chi connectivity index (χ3n) is 3.36. The number of hydrogen-bond donors (Lipinski definition) is 1. The monoisotopic (exact) mass is 251 g/mol. The molecule has 5 heteroatoms. The molecular formula is C12H14ClN3O. The molecule has 2 fully saturated rings. The molecule has 2 heterocycles. The number of para-hydroxylation sites is 1. The first-order chi connectivity index (χ1) is 8.27. The lowest BCUT2D eigenvalue weighted by molar-refractivity contribution is 0.193. The summed E-state index contributed by atoms with van der Waals surface area (Å²) in [6, 6.07) is 7.84. The zero-order valence-electron chi connectivity index (χ0n) is 9.40. The number of amides is 2. The molecule has 3 rings (SSSR count). The summed E-state index contributed by atoms with van der Waals surface area (Å²) < 4.78 is 0. The molecule has 0 bridgehead atoms. The molecule has 2 aliphatic heterocycles. The van der Waals surface area contributed by atoms with Gasteiger partial charge in [-0.1, -0.05) is 23.7 Å². The van der Waals surface area contributed by atoms with Crippen LogP contribution in [0, 0.1) is 0 Å². The highest BCUT2D eigenvalue weighted by molar-refractivity contribution is 6.33. The van der Waals surface area contributed by atoms with Crippen LogP contribution >= 0.6 is 11.6 Å². The van der Waals surface area contributed by atoms with Gasteiger partial charge in [-0.2, -0.15) is 0 Å². The van der Waals surface area contributed by atoms with Crippen molar-refractivity contribution in [3.63, 3.8) is 0 Å². The molecule has 1 atom stereocenters. The van der Waals surface area contributed by atoms with Gasteiger partial charge in [-0.25, -0.2) is 4.79 Å². The van der Waals surface area contributed by atoms with E-state index >= 15 is 0 Å². The Morgan fingerprint density at radius 1 is 1.35 bits per heavy atom.